The van der Waals surface area contributed by atoms with Crippen molar-refractivity contribution in [3.8, 4) is 23.3 Å². The van der Waals surface area contributed by atoms with Crippen molar-refractivity contribution in [2.24, 2.45) is 11.8 Å². The first kappa shape index (κ1) is 34.8. The second-order valence-corrected chi connectivity index (χ2v) is 14.9. The Hall–Kier alpha value is -7.67. The molecule has 10 rings (SSSR count). The molecule has 0 saturated heterocycles. The predicted octanol–water partition coefficient (Wildman–Crippen LogP) is 11.4. The Labute approximate surface area is 339 Å². The first-order chi connectivity index (χ1) is 28.7. The number of hydrogen-bond donors (Lipinski definition) is 1. The standard InChI is InChI=1S/C52H38N6/c53-33-41-31-39(35-11-3-1-4-12-35)21-25-45(41)57(49-15-7-9-29-55-49)47-27-19-37-18-24-44-48(28-20-38-17-23-43(47)51(37)52(38)44)58(50-16-8-10-30-56-50)46-26-22-40(32-42(46)34-54)36-13-5-2-6-14-36/h1-29,32,41,44,52,56H,30-31H2. The Bertz CT molecular complexity index is 2790. The van der Waals surface area contributed by atoms with Gasteiger partial charge < -0.3 is 5.32 Å². The van der Waals surface area contributed by atoms with Gasteiger partial charge in [0.05, 0.1) is 28.9 Å². The number of hydrogen-bond acceptors (Lipinski definition) is 6. The minimum absolute atomic E-state index is 0.0265. The molecule has 6 heteroatoms. The maximum absolute atomic E-state index is 10.7. The van der Waals surface area contributed by atoms with Gasteiger partial charge >= 0.3 is 0 Å². The lowest BCUT2D eigenvalue weighted by Gasteiger charge is -2.43. The molecule has 0 bridgehead atoms. The van der Waals surface area contributed by atoms with Gasteiger partial charge in [-0.3, -0.25) is 9.80 Å². The van der Waals surface area contributed by atoms with Crippen molar-refractivity contribution in [2.45, 2.75) is 12.3 Å². The van der Waals surface area contributed by atoms with E-state index in [1.54, 1.807) is 0 Å². The van der Waals surface area contributed by atoms with Crippen LogP contribution in [0.1, 0.15) is 40.2 Å². The zero-order valence-electron chi connectivity index (χ0n) is 31.7. The number of nitrogens with one attached hydrogen (secondary N) is 1. The van der Waals surface area contributed by atoms with Crippen molar-refractivity contribution in [3.63, 3.8) is 0 Å². The Morgan fingerprint density at radius 1 is 0.690 bits per heavy atom. The van der Waals surface area contributed by atoms with Crippen LogP contribution in [0.5, 0.6) is 0 Å². The highest BCUT2D eigenvalue weighted by Gasteiger charge is 2.41. The average Bonchev–Trinajstić information content (AvgIpc) is 3.30. The third-order valence-corrected chi connectivity index (χ3v) is 11.7. The molecular weight excluding hydrogens is 709 g/mol. The summed E-state index contributed by atoms with van der Waals surface area (Å²) < 4.78 is 0. The van der Waals surface area contributed by atoms with E-state index in [9.17, 15) is 10.5 Å². The minimum Gasteiger partial charge on any atom is -0.368 e. The van der Waals surface area contributed by atoms with Gasteiger partial charge in [-0.1, -0.05) is 127 Å². The summed E-state index contributed by atoms with van der Waals surface area (Å²) in [4.78, 5) is 9.30. The number of benzene rings is 4. The molecule has 6 nitrogen and oxygen atoms in total. The van der Waals surface area contributed by atoms with Crippen molar-refractivity contribution in [3.05, 3.63) is 221 Å². The van der Waals surface area contributed by atoms with E-state index in [0.29, 0.717) is 18.5 Å². The van der Waals surface area contributed by atoms with Crippen molar-refractivity contribution in [1.29, 1.82) is 10.5 Å². The molecule has 0 amide bonds. The minimum atomic E-state index is -0.383. The van der Waals surface area contributed by atoms with Crippen LogP contribution in [0.4, 0.5) is 17.2 Å². The largest absolute Gasteiger partial charge is 0.368 e. The summed E-state index contributed by atoms with van der Waals surface area (Å²) in [6.45, 7) is 0.689. The van der Waals surface area contributed by atoms with Crippen LogP contribution < -0.4 is 15.1 Å². The number of rotatable bonds is 8. The van der Waals surface area contributed by atoms with Gasteiger partial charge in [-0.25, -0.2) is 4.98 Å². The molecule has 0 spiro atoms. The molecule has 0 radical (unpaired) electrons. The summed E-state index contributed by atoms with van der Waals surface area (Å²) >= 11 is 0. The fourth-order valence-electron chi connectivity index (χ4n) is 9.03. The Balaban J connectivity index is 1.10. The fourth-order valence-corrected chi connectivity index (χ4v) is 9.03. The van der Waals surface area contributed by atoms with Gasteiger partial charge in [0.2, 0.25) is 0 Å². The van der Waals surface area contributed by atoms with Gasteiger partial charge in [-0.2, -0.15) is 10.5 Å². The highest BCUT2D eigenvalue weighted by Crippen LogP contribution is 2.54. The topological polar surface area (TPSA) is 79.0 Å². The first-order valence-electron chi connectivity index (χ1n) is 19.7. The summed E-state index contributed by atoms with van der Waals surface area (Å²) in [6, 6.07) is 42.2. The highest BCUT2D eigenvalue weighted by molar-refractivity contribution is 5.87. The molecule has 276 valence electrons. The van der Waals surface area contributed by atoms with Crippen molar-refractivity contribution >= 4 is 34.9 Å². The average molecular weight is 747 g/mol. The lowest BCUT2D eigenvalue weighted by atomic mass is 9.67. The van der Waals surface area contributed by atoms with Gasteiger partial charge in [-0.05, 0) is 93.9 Å². The molecule has 1 N–H and O–H groups in total. The Morgan fingerprint density at radius 2 is 1.48 bits per heavy atom. The van der Waals surface area contributed by atoms with E-state index in [4.69, 9.17) is 4.98 Å². The van der Waals surface area contributed by atoms with Gasteiger partial charge in [0.1, 0.15) is 17.7 Å². The van der Waals surface area contributed by atoms with Gasteiger partial charge in [0.15, 0.2) is 0 Å². The Kier molecular flexibility index (Phi) is 8.86. The quantitative estimate of drug-likeness (QED) is 0.170. The first-order valence-corrected chi connectivity index (χ1v) is 19.7. The zero-order valence-corrected chi connectivity index (χ0v) is 31.7. The van der Waals surface area contributed by atoms with E-state index in [1.165, 1.54) is 16.7 Å². The number of dihydropyridines is 1. The van der Waals surface area contributed by atoms with E-state index in [1.807, 2.05) is 66.9 Å². The van der Waals surface area contributed by atoms with Gasteiger partial charge in [0.25, 0.3) is 0 Å². The molecule has 5 aromatic rings. The fraction of sp³-hybridized carbons (Fsp3) is 0.0962. The number of nitriles is 2. The molecule has 0 fully saturated rings. The number of allylic oxidation sites excluding steroid dienone is 11. The molecule has 4 aromatic carbocycles. The number of anilines is 3. The van der Waals surface area contributed by atoms with Crippen LogP contribution in [-0.4, -0.2) is 11.5 Å². The van der Waals surface area contributed by atoms with Gasteiger partial charge in [-0.15, -0.1) is 0 Å². The second kappa shape index (κ2) is 14.8. The maximum atomic E-state index is 10.7. The van der Waals surface area contributed by atoms with Crippen LogP contribution in [0.15, 0.2) is 193 Å². The summed E-state index contributed by atoms with van der Waals surface area (Å²) in [5.41, 5.74) is 13.5. The summed E-state index contributed by atoms with van der Waals surface area (Å²) in [5.74, 6) is 1.30. The molecule has 1 aromatic heterocycles. The number of nitrogens with zero attached hydrogens (tertiary/aromatic N) is 5. The van der Waals surface area contributed by atoms with Crippen LogP contribution in [0.2, 0.25) is 0 Å². The van der Waals surface area contributed by atoms with Crippen LogP contribution in [0.25, 0.3) is 28.9 Å². The smallest absolute Gasteiger partial charge is 0.137 e. The third kappa shape index (κ3) is 6.00. The van der Waals surface area contributed by atoms with Crippen LogP contribution in [0.3, 0.4) is 0 Å². The van der Waals surface area contributed by atoms with E-state index in [2.05, 4.69) is 143 Å². The van der Waals surface area contributed by atoms with E-state index in [-0.39, 0.29) is 17.8 Å². The summed E-state index contributed by atoms with van der Waals surface area (Å²) in [5, 5.41) is 25.0. The highest BCUT2D eigenvalue weighted by atomic mass is 15.3. The van der Waals surface area contributed by atoms with E-state index < -0.39 is 0 Å². The Morgan fingerprint density at radius 3 is 2.24 bits per heavy atom. The summed E-state index contributed by atoms with van der Waals surface area (Å²) in [6.07, 6.45) is 26.5. The zero-order chi connectivity index (χ0) is 39.0. The molecule has 3 atom stereocenters. The normalized spacial score (nSPS) is 19.5. The SMILES string of the molecule is N#Cc1cc(-c2ccccc2)ccc1N(C1=CC=CCN1)C1=CC=C2C=Cc3c(N(C4=CC=C(c5ccccc5)CC4C#N)c4ccccn4)ccc4c3C2C1C=C4. The molecule has 1 aliphatic heterocycles. The van der Waals surface area contributed by atoms with Crippen LogP contribution >= 0.6 is 0 Å². The second-order valence-electron chi connectivity index (χ2n) is 14.9. The van der Waals surface area contributed by atoms with Crippen LogP contribution in [0, 0.1) is 34.5 Å². The molecule has 5 aliphatic rings. The molecule has 3 unspecified atom stereocenters. The van der Waals surface area contributed by atoms with Crippen LogP contribution in [-0.2, 0) is 0 Å². The van der Waals surface area contributed by atoms with E-state index in [0.717, 1.165) is 62.2 Å². The monoisotopic (exact) mass is 746 g/mol. The summed E-state index contributed by atoms with van der Waals surface area (Å²) in [7, 11) is 0. The number of aromatic nitrogens is 1. The van der Waals surface area contributed by atoms with Crippen molar-refractivity contribution in [1.82, 2.24) is 10.3 Å². The predicted molar refractivity (Wildman–Crippen MR) is 234 cm³/mol. The lowest BCUT2D eigenvalue weighted by molar-refractivity contribution is 0.607. The molecule has 2 heterocycles. The van der Waals surface area contributed by atoms with Gasteiger partial charge in [0, 0.05) is 41.5 Å². The molecule has 0 saturated carbocycles. The molecule has 4 aliphatic carbocycles. The maximum Gasteiger partial charge on any atom is 0.137 e. The molecule has 58 heavy (non-hydrogen) atoms. The lowest BCUT2D eigenvalue weighted by Crippen LogP contribution is -2.38. The third-order valence-electron chi connectivity index (χ3n) is 11.7. The molecular formula is C52H38N6. The van der Waals surface area contributed by atoms with Crippen molar-refractivity contribution in [2.75, 3.05) is 16.3 Å². The number of pyridine rings is 1. The van der Waals surface area contributed by atoms with Crippen molar-refractivity contribution < 1.29 is 0 Å². The van der Waals surface area contributed by atoms with E-state index >= 15 is 0 Å².